The Bertz CT molecular complexity index is 366. The number of ether oxygens (including phenoxy) is 1. The van der Waals surface area contributed by atoms with Crippen LogP contribution in [0.15, 0.2) is 0 Å². The van der Waals surface area contributed by atoms with Crippen LogP contribution in [0.3, 0.4) is 0 Å². The van der Waals surface area contributed by atoms with Gasteiger partial charge in [-0.15, -0.1) is 0 Å². The van der Waals surface area contributed by atoms with E-state index in [1.54, 1.807) is 0 Å². The number of aliphatic hydroxyl groups excluding tert-OH is 1. The molecule has 0 aromatic carbocycles. The van der Waals surface area contributed by atoms with Crippen molar-refractivity contribution in [3.8, 4) is 0 Å². The zero-order chi connectivity index (χ0) is 14.5. The summed E-state index contributed by atoms with van der Waals surface area (Å²) >= 11 is 0. The Morgan fingerprint density at radius 1 is 1.11 bits per heavy atom. The summed E-state index contributed by atoms with van der Waals surface area (Å²) in [7, 11) is 0. The number of aliphatic hydroxyl groups is 1. The van der Waals surface area contributed by atoms with E-state index in [-0.39, 0.29) is 52.8 Å². The minimum Gasteiger partial charge on any atom is -1.00 e. The van der Waals surface area contributed by atoms with Crippen molar-refractivity contribution in [1.29, 1.82) is 0 Å². The van der Waals surface area contributed by atoms with E-state index in [4.69, 9.17) is 20.4 Å². The van der Waals surface area contributed by atoms with Crippen LogP contribution in [0.25, 0.3) is 0 Å². The molecular formula is C9H13KO9. The second-order valence-electron chi connectivity index (χ2n) is 3.54. The number of esters is 1. The molecule has 9 nitrogen and oxygen atoms in total. The molecule has 0 bridgehead atoms. The Kier molecular flexibility index (Phi) is 9.42. The van der Waals surface area contributed by atoms with E-state index in [2.05, 4.69) is 4.74 Å². The predicted octanol–water partition coefficient (Wildman–Crippen LogP) is -4.20. The largest absolute Gasteiger partial charge is 1.00 e. The molecule has 1 unspecified atom stereocenters. The van der Waals surface area contributed by atoms with E-state index in [1.165, 1.54) is 0 Å². The summed E-state index contributed by atoms with van der Waals surface area (Å²) in [6, 6.07) is 0. The number of rotatable bonds is 7. The van der Waals surface area contributed by atoms with Crippen molar-refractivity contribution in [3.63, 3.8) is 0 Å². The van der Waals surface area contributed by atoms with Crippen LogP contribution >= 0.6 is 0 Å². The van der Waals surface area contributed by atoms with Gasteiger partial charge in [0.2, 0.25) is 5.60 Å². The van der Waals surface area contributed by atoms with E-state index in [1.807, 2.05) is 0 Å². The van der Waals surface area contributed by atoms with Gasteiger partial charge in [-0.2, -0.15) is 0 Å². The molecule has 10 heteroatoms. The first-order valence-corrected chi connectivity index (χ1v) is 4.68. The molecule has 0 aliphatic carbocycles. The van der Waals surface area contributed by atoms with Gasteiger partial charge in [-0.05, 0) is 6.92 Å². The predicted molar refractivity (Wildman–Crippen MR) is 53.8 cm³/mol. The number of hydrogen-bond acceptors (Lipinski definition) is 6. The molecule has 19 heavy (non-hydrogen) atoms. The van der Waals surface area contributed by atoms with Crippen molar-refractivity contribution >= 4 is 23.9 Å². The van der Waals surface area contributed by atoms with Crippen LogP contribution in [-0.2, 0) is 23.9 Å². The summed E-state index contributed by atoms with van der Waals surface area (Å²) in [5.74, 6) is -6.64. The van der Waals surface area contributed by atoms with Gasteiger partial charge in [0.15, 0.2) is 0 Å². The third-order valence-corrected chi connectivity index (χ3v) is 1.90. The van der Waals surface area contributed by atoms with Crippen LogP contribution in [0, 0.1) is 0 Å². The van der Waals surface area contributed by atoms with Gasteiger partial charge in [0.05, 0.1) is 12.8 Å². The normalized spacial score (nSPS) is 11.9. The minimum absolute atomic E-state index is 0. The van der Waals surface area contributed by atoms with Crippen LogP contribution in [0.2, 0.25) is 0 Å². The number of aliphatic carboxylic acids is 3. The third-order valence-electron chi connectivity index (χ3n) is 1.90. The first kappa shape index (κ1) is 20.8. The fourth-order valence-electron chi connectivity index (χ4n) is 1.10. The Balaban J connectivity index is -0.00000144. The summed E-state index contributed by atoms with van der Waals surface area (Å²) in [5.41, 5.74) is -2.74. The van der Waals surface area contributed by atoms with Gasteiger partial charge in [-0.3, -0.25) is 9.59 Å². The van der Waals surface area contributed by atoms with E-state index < -0.39 is 48.4 Å². The Morgan fingerprint density at radius 3 is 1.68 bits per heavy atom. The molecule has 0 spiro atoms. The number of carbonyl (C=O) groups excluding carboxylic acids is 1. The van der Waals surface area contributed by atoms with Gasteiger partial charge in [-0.1, -0.05) is 0 Å². The number of carboxylic acids is 3. The topological polar surface area (TPSA) is 158 Å². The molecule has 104 valence electrons. The van der Waals surface area contributed by atoms with Gasteiger partial charge in [0.1, 0.15) is 6.10 Å². The zero-order valence-corrected chi connectivity index (χ0v) is 13.4. The average molecular weight is 304 g/mol. The first-order valence-electron chi connectivity index (χ1n) is 4.68. The molecule has 0 rings (SSSR count). The Morgan fingerprint density at radius 2 is 1.47 bits per heavy atom. The molecule has 0 saturated carbocycles. The molecule has 0 aromatic rings. The minimum atomic E-state index is -2.74. The number of carbonyl (C=O) groups is 4. The summed E-state index contributed by atoms with van der Waals surface area (Å²) in [6.07, 6.45) is -4.16. The maximum absolute atomic E-state index is 11.1. The van der Waals surface area contributed by atoms with Crippen molar-refractivity contribution < 1.29 is 97.2 Å². The van der Waals surface area contributed by atoms with Crippen molar-refractivity contribution in [1.82, 2.24) is 0 Å². The van der Waals surface area contributed by atoms with Crippen LogP contribution in [0.5, 0.6) is 0 Å². The summed E-state index contributed by atoms with van der Waals surface area (Å²) in [5, 5.41) is 34.8. The van der Waals surface area contributed by atoms with Crippen LogP contribution in [0.1, 0.15) is 21.2 Å². The van der Waals surface area contributed by atoms with Crippen LogP contribution < -0.4 is 51.4 Å². The molecule has 0 amide bonds. The summed E-state index contributed by atoms with van der Waals surface area (Å²) < 4.78 is 4.33. The maximum atomic E-state index is 11.1. The molecule has 0 saturated heterocycles. The number of hydrogen-bond donors (Lipinski definition) is 4. The van der Waals surface area contributed by atoms with E-state index >= 15 is 0 Å². The van der Waals surface area contributed by atoms with Gasteiger partial charge in [0, 0.05) is 0 Å². The number of carboxylic acid groups (broad SMARTS) is 3. The SMILES string of the molecule is CC(O)C(=O)OC(CC(=O)O)(CC(=O)O)C(=O)O.[H-].[K+]. The molecule has 0 aromatic heterocycles. The van der Waals surface area contributed by atoms with Crippen molar-refractivity contribution in [2.75, 3.05) is 0 Å². The molecule has 0 aliphatic rings. The third kappa shape index (κ3) is 6.99. The Hall–Kier alpha value is -0.524. The average Bonchev–Trinajstić information content (AvgIpc) is 2.14. The van der Waals surface area contributed by atoms with Crippen LogP contribution in [0.4, 0.5) is 0 Å². The van der Waals surface area contributed by atoms with E-state index in [0.717, 1.165) is 6.92 Å². The zero-order valence-electron chi connectivity index (χ0n) is 11.3. The monoisotopic (exact) mass is 304 g/mol. The second-order valence-corrected chi connectivity index (χ2v) is 3.54. The summed E-state index contributed by atoms with van der Waals surface area (Å²) in [4.78, 5) is 43.2. The smallest absolute Gasteiger partial charge is 1.00 e. The molecule has 0 heterocycles. The fourth-order valence-corrected chi connectivity index (χ4v) is 1.10. The van der Waals surface area contributed by atoms with Gasteiger partial charge in [0.25, 0.3) is 0 Å². The molecule has 1 atom stereocenters. The molecule has 0 aliphatic heterocycles. The molecule has 0 fully saturated rings. The quantitative estimate of drug-likeness (QED) is 0.270. The molecular weight excluding hydrogens is 291 g/mol. The fraction of sp³-hybridized carbons (Fsp3) is 0.556. The standard InChI is InChI=1S/C9H12O9.K.H/c1-4(10)7(15)18-9(8(16)17,2-5(11)12)3-6(13)14;;/h4,10H,2-3H2,1H3,(H,11,12)(H,13,14)(H,16,17);;/q;+1;-1. The van der Waals surface area contributed by atoms with E-state index in [9.17, 15) is 19.2 Å². The van der Waals surface area contributed by atoms with E-state index in [0.29, 0.717) is 0 Å². The second kappa shape index (κ2) is 8.61. The van der Waals surface area contributed by atoms with Gasteiger partial charge in [-0.25, -0.2) is 9.59 Å². The van der Waals surface area contributed by atoms with Crippen molar-refractivity contribution in [2.45, 2.75) is 31.5 Å². The van der Waals surface area contributed by atoms with Gasteiger partial charge < -0.3 is 26.6 Å². The molecule has 0 radical (unpaired) electrons. The van der Waals surface area contributed by atoms with Crippen LogP contribution in [-0.4, -0.2) is 56.0 Å². The first-order chi connectivity index (χ1) is 8.10. The maximum Gasteiger partial charge on any atom is 1.00 e. The van der Waals surface area contributed by atoms with Gasteiger partial charge >= 0.3 is 75.3 Å². The van der Waals surface area contributed by atoms with Crippen molar-refractivity contribution in [2.24, 2.45) is 0 Å². The Labute approximate surface area is 151 Å². The summed E-state index contributed by atoms with van der Waals surface area (Å²) in [6.45, 7) is 0.969. The molecule has 4 N–H and O–H groups in total. The van der Waals surface area contributed by atoms with Crippen molar-refractivity contribution in [3.05, 3.63) is 0 Å².